The Labute approximate surface area is 89.6 Å². The fourth-order valence-electron chi connectivity index (χ4n) is 0. The first-order chi connectivity index (χ1) is 1.00. The molecule has 0 atom stereocenters. The van der Waals surface area contributed by atoms with E-state index < -0.39 is 0 Å². The predicted octanol–water partition coefficient (Wildman–Crippen LogP) is -0.623. The van der Waals surface area contributed by atoms with Gasteiger partial charge in [-0.1, -0.05) is 0 Å². The molecule has 0 aromatic carbocycles. The molecule has 0 N–H and O–H groups in total. The average molecular weight is 285 g/mol. The van der Waals surface area contributed by atoms with Gasteiger partial charge >= 0.3 is 86.0 Å². The van der Waals surface area contributed by atoms with Crippen molar-refractivity contribution in [3.63, 3.8) is 0 Å². The van der Waals surface area contributed by atoms with Gasteiger partial charge in [0.25, 0.3) is 0 Å². The van der Waals surface area contributed by atoms with Crippen LogP contribution in [0.5, 0.6) is 0 Å². The molecule has 0 aliphatic carbocycles. The van der Waals surface area contributed by atoms with Gasteiger partial charge in [0, 0.05) is 0 Å². The van der Waals surface area contributed by atoms with Crippen LogP contribution in [0.3, 0.4) is 0 Å². The van der Waals surface area contributed by atoms with Gasteiger partial charge in [0.15, 0.2) is 0 Å². The SMILES string of the molecule is [Ba+2].[Cr+3].[O-2].[O]=[Cu]. The molecule has 0 heterocycles. The summed E-state index contributed by atoms with van der Waals surface area (Å²) in [5, 5.41) is 0. The fourth-order valence-corrected chi connectivity index (χ4v) is 0. The first-order valence-corrected chi connectivity index (χ1v) is 0.508. The second-order valence-corrected chi connectivity index (χ2v) is 0. The van der Waals surface area contributed by atoms with E-state index in [1.165, 1.54) is 0 Å². The van der Waals surface area contributed by atoms with E-state index in [2.05, 4.69) is 15.9 Å². The molecule has 2 nitrogen and oxygen atoms in total. The van der Waals surface area contributed by atoms with E-state index in [1.807, 2.05) is 0 Å². The van der Waals surface area contributed by atoms with Gasteiger partial charge in [0.1, 0.15) is 0 Å². The van der Waals surface area contributed by atoms with Crippen LogP contribution < -0.4 is 0 Å². The average Bonchev–Trinajstić information content (AvgIpc) is 1.00. The Hall–Kier alpha value is 2.38. The second-order valence-electron chi connectivity index (χ2n) is 0. The molecule has 0 bridgehead atoms. The molecule has 1 radical (unpaired) electrons. The van der Waals surface area contributed by atoms with E-state index in [-0.39, 0.29) is 71.7 Å². The number of hydrogen-bond donors (Lipinski definition) is 0. The van der Waals surface area contributed by atoms with Gasteiger partial charge in [-0.3, -0.25) is 0 Å². The summed E-state index contributed by atoms with van der Waals surface area (Å²) in [6, 6.07) is 0. The van der Waals surface area contributed by atoms with Crippen molar-refractivity contribution in [2.75, 3.05) is 0 Å². The molecule has 5 heteroatoms. The molecule has 0 rings (SSSR count). The molecule has 0 aromatic rings. The molecule has 28 valence electrons. The Morgan fingerprint density at radius 1 is 1.20 bits per heavy atom. The molecule has 0 saturated carbocycles. The van der Waals surface area contributed by atoms with Crippen molar-refractivity contribution in [3.05, 3.63) is 0 Å². The van der Waals surface area contributed by atoms with Crippen molar-refractivity contribution in [1.29, 1.82) is 0 Å². The van der Waals surface area contributed by atoms with Crippen molar-refractivity contribution < 1.29 is 42.6 Å². The standard InChI is InChI=1S/Ba.Cr.Cu.2O/q+2;+3;;;-2. The first-order valence-electron chi connectivity index (χ1n) is 0.123. The van der Waals surface area contributed by atoms with E-state index >= 15 is 0 Å². The van der Waals surface area contributed by atoms with Crippen molar-refractivity contribution in [1.82, 2.24) is 0 Å². The van der Waals surface area contributed by atoms with Crippen molar-refractivity contribution in [2.24, 2.45) is 0 Å². The van der Waals surface area contributed by atoms with Gasteiger partial charge in [-0.2, -0.15) is 0 Å². The molecular formula is BaCrCuO2+3. The predicted molar refractivity (Wildman–Crippen MR) is 7.13 cm³/mol. The zero-order valence-electron chi connectivity index (χ0n) is 2.23. The van der Waals surface area contributed by atoms with Gasteiger partial charge in [-0.05, 0) is 0 Å². The van der Waals surface area contributed by atoms with Gasteiger partial charge in [0.05, 0.1) is 0 Å². The minimum absolute atomic E-state index is 0. The van der Waals surface area contributed by atoms with Crippen LogP contribution in [0.2, 0.25) is 0 Å². The van der Waals surface area contributed by atoms with E-state index in [4.69, 9.17) is 3.83 Å². The third kappa shape index (κ3) is 21.6. The maximum atomic E-state index is 7.81. The molecule has 0 aliphatic heterocycles. The van der Waals surface area contributed by atoms with Crippen LogP contribution in [0, 0.1) is 0 Å². The van der Waals surface area contributed by atoms with Crippen LogP contribution in [-0.4, -0.2) is 48.9 Å². The molecule has 0 aliphatic rings. The monoisotopic (exact) mass is 285 g/mol. The fraction of sp³-hybridized carbons (Fsp3) is 0. The molecule has 5 heavy (non-hydrogen) atoms. The Bertz CT molecular complexity index is 9.61. The summed E-state index contributed by atoms with van der Waals surface area (Å²) in [7, 11) is 0. The summed E-state index contributed by atoms with van der Waals surface area (Å²) in [6.07, 6.45) is 0. The Balaban J connectivity index is -0.00000000167. The summed E-state index contributed by atoms with van der Waals surface area (Å²) in [5.74, 6) is 0. The van der Waals surface area contributed by atoms with Gasteiger partial charge in [-0.15, -0.1) is 0 Å². The molecule has 0 spiro atoms. The second kappa shape index (κ2) is 32.6. The van der Waals surface area contributed by atoms with E-state index in [1.54, 1.807) is 0 Å². The van der Waals surface area contributed by atoms with Crippen LogP contribution >= 0.6 is 0 Å². The van der Waals surface area contributed by atoms with Gasteiger partial charge in [-0.25, -0.2) is 0 Å². The van der Waals surface area contributed by atoms with Crippen LogP contribution in [-0.2, 0) is 42.6 Å². The Kier molecular flexibility index (Phi) is 171. The van der Waals surface area contributed by atoms with Crippen LogP contribution in [0.15, 0.2) is 0 Å². The summed E-state index contributed by atoms with van der Waals surface area (Å²) in [6.45, 7) is 0. The Morgan fingerprint density at radius 2 is 1.20 bits per heavy atom. The van der Waals surface area contributed by atoms with Crippen molar-refractivity contribution >= 4 is 48.9 Å². The number of hydrogen-bond acceptors (Lipinski definition) is 1. The quantitative estimate of drug-likeness (QED) is 0.547. The van der Waals surface area contributed by atoms with E-state index in [9.17, 15) is 0 Å². The van der Waals surface area contributed by atoms with E-state index in [0.717, 1.165) is 0 Å². The van der Waals surface area contributed by atoms with Crippen LogP contribution in [0.1, 0.15) is 0 Å². The summed E-state index contributed by atoms with van der Waals surface area (Å²) in [4.78, 5) is 0. The van der Waals surface area contributed by atoms with Crippen molar-refractivity contribution in [3.8, 4) is 0 Å². The van der Waals surface area contributed by atoms with Crippen LogP contribution in [0.25, 0.3) is 0 Å². The molecule has 0 fully saturated rings. The van der Waals surface area contributed by atoms with Gasteiger partial charge < -0.3 is 5.48 Å². The molecule has 0 amide bonds. The topological polar surface area (TPSA) is 45.6 Å². The van der Waals surface area contributed by atoms with Crippen LogP contribution in [0.4, 0.5) is 0 Å². The first kappa shape index (κ1) is 26.3. The molecule has 0 aromatic heterocycles. The molecule has 0 unspecified atom stereocenters. The van der Waals surface area contributed by atoms with Gasteiger partial charge in [0.2, 0.25) is 0 Å². The molecular weight excluding hydrogens is 285 g/mol. The van der Waals surface area contributed by atoms with E-state index in [0.29, 0.717) is 0 Å². The summed E-state index contributed by atoms with van der Waals surface area (Å²) < 4.78 is 7.81. The molecule has 0 saturated heterocycles. The van der Waals surface area contributed by atoms with Crippen molar-refractivity contribution in [2.45, 2.75) is 0 Å². The third-order valence-corrected chi connectivity index (χ3v) is 0. The maximum absolute atomic E-state index is 7.81. The minimum atomic E-state index is 0. The zero-order chi connectivity index (χ0) is 2.00. The summed E-state index contributed by atoms with van der Waals surface area (Å²) in [5.41, 5.74) is 0. The normalized spacial score (nSPS) is 1.20. The third-order valence-electron chi connectivity index (χ3n) is 0. The summed E-state index contributed by atoms with van der Waals surface area (Å²) >= 11 is 2.94. The zero-order valence-corrected chi connectivity index (χ0v) is 8.89. The Morgan fingerprint density at radius 3 is 1.20 bits per heavy atom. The number of rotatable bonds is 0.